The van der Waals surface area contributed by atoms with E-state index >= 15 is 0 Å². The molecule has 0 heterocycles. The molecule has 0 aromatic rings. The zero-order valence-electron chi connectivity index (χ0n) is 5.45. The number of halogens is 2. The summed E-state index contributed by atoms with van der Waals surface area (Å²) in [6, 6.07) is 0. The van der Waals surface area contributed by atoms with Crippen molar-refractivity contribution in [3.8, 4) is 0 Å². The predicted molar refractivity (Wildman–Crippen MR) is 44.2 cm³/mol. The molecular weight excluding hydrogens is 155 g/mol. The normalized spacial score (nSPS) is 10.9. The van der Waals surface area contributed by atoms with Crippen molar-refractivity contribution >= 4 is 23.2 Å². The second-order valence-corrected chi connectivity index (χ2v) is 2.53. The van der Waals surface area contributed by atoms with Crippen LogP contribution < -0.4 is 0 Å². The van der Waals surface area contributed by atoms with Gasteiger partial charge in [-0.3, -0.25) is 0 Å². The van der Waals surface area contributed by atoms with Crippen LogP contribution in [0.25, 0.3) is 0 Å². The summed E-state index contributed by atoms with van der Waals surface area (Å²) in [6.07, 6.45) is 6.59. The van der Waals surface area contributed by atoms with E-state index < -0.39 is 0 Å². The Balaban J connectivity index is 2.75. The number of alkyl halides is 1. The first-order chi connectivity index (χ1) is 4.41. The van der Waals surface area contributed by atoms with Crippen molar-refractivity contribution in [2.75, 3.05) is 5.88 Å². The summed E-state index contributed by atoms with van der Waals surface area (Å²) in [7, 11) is 0. The van der Waals surface area contributed by atoms with Gasteiger partial charge in [0, 0.05) is 11.4 Å². The molecule has 0 fully saturated rings. The van der Waals surface area contributed by atoms with Crippen LogP contribution >= 0.6 is 23.2 Å². The van der Waals surface area contributed by atoms with E-state index in [9.17, 15) is 0 Å². The summed E-state index contributed by atoms with van der Waals surface area (Å²) in [6.45, 7) is 0. The monoisotopic (exact) mass is 166 g/mol. The number of hydrogen-bond acceptors (Lipinski definition) is 0. The van der Waals surface area contributed by atoms with E-state index in [1.54, 1.807) is 5.54 Å². The first-order valence-electron chi connectivity index (χ1n) is 3.23. The lowest BCUT2D eigenvalue weighted by molar-refractivity contribution is 0.733. The van der Waals surface area contributed by atoms with Gasteiger partial charge >= 0.3 is 0 Å². The lowest BCUT2D eigenvalue weighted by atomic mass is 10.2. The summed E-state index contributed by atoms with van der Waals surface area (Å²) in [5.74, 6) is 0.782. The summed E-state index contributed by atoms with van der Waals surface area (Å²) in [4.78, 5) is 0. The highest BCUT2D eigenvalue weighted by molar-refractivity contribution is 6.25. The molecule has 0 atom stereocenters. The van der Waals surface area contributed by atoms with E-state index in [4.69, 9.17) is 23.2 Å². The van der Waals surface area contributed by atoms with E-state index in [-0.39, 0.29) is 0 Å². The standard InChI is InChI=1S/C7H12Cl2/c8-6-4-2-1-3-5-7-9/h4,6H,1-3,5,7H2/b6-4+. The van der Waals surface area contributed by atoms with Crippen molar-refractivity contribution < 1.29 is 0 Å². The number of rotatable bonds is 5. The highest BCUT2D eigenvalue weighted by atomic mass is 35.5. The largest absolute Gasteiger partial charge is 0.127 e. The van der Waals surface area contributed by atoms with Crippen LogP contribution in [0.4, 0.5) is 0 Å². The summed E-state index contributed by atoms with van der Waals surface area (Å²) >= 11 is 10.8. The molecule has 0 bridgehead atoms. The molecule has 0 radical (unpaired) electrons. The van der Waals surface area contributed by atoms with Crippen LogP contribution in [0.15, 0.2) is 11.6 Å². The molecule has 0 saturated carbocycles. The Morgan fingerprint density at radius 3 is 2.44 bits per heavy atom. The van der Waals surface area contributed by atoms with Crippen LogP contribution in [-0.2, 0) is 0 Å². The quantitative estimate of drug-likeness (QED) is 0.434. The Hall–Kier alpha value is 0.320. The molecule has 0 unspecified atom stereocenters. The van der Waals surface area contributed by atoms with Crippen LogP contribution in [0.2, 0.25) is 0 Å². The van der Waals surface area contributed by atoms with Crippen LogP contribution in [-0.4, -0.2) is 5.88 Å². The van der Waals surface area contributed by atoms with Crippen molar-refractivity contribution in [2.45, 2.75) is 25.7 Å². The first-order valence-corrected chi connectivity index (χ1v) is 4.20. The van der Waals surface area contributed by atoms with Gasteiger partial charge in [-0.25, -0.2) is 0 Å². The van der Waals surface area contributed by atoms with Crippen molar-refractivity contribution in [2.24, 2.45) is 0 Å². The third-order valence-electron chi connectivity index (χ3n) is 1.09. The maximum absolute atomic E-state index is 5.47. The predicted octanol–water partition coefficient (Wildman–Crippen LogP) is 3.54. The van der Waals surface area contributed by atoms with Gasteiger partial charge in [-0.2, -0.15) is 0 Å². The molecule has 0 aliphatic heterocycles. The Bertz CT molecular complexity index is 69.3. The molecule has 9 heavy (non-hydrogen) atoms. The molecule has 0 aliphatic carbocycles. The third kappa shape index (κ3) is 8.32. The highest BCUT2D eigenvalue weighted by Crippen LogP contribution is 2.01. The maximum atomic E-state index is 5.47. The van der Waals surface area contributed by atoms with Gasteiger partial charge in [-0.05, 0) is 19.3 Å². The van der Waals surface area contributed by atoms with Gasteiger partial charge in [0.05, 0.1) is 0 Å². The van der Waals surface area contributed by atoms with Gasteiger partial charge in [-0.15, -0.1) is 11.6 Å². The summed E-state index contributed by atoms with van der Waals surface area (Å²) in [5, 5.41) is 0. The maximum Gasteiger partial charge on any atom is 0.0223 e. The summed E-state index contributed by atoms with van der Waals surface area (Å²) in [5.41, 5.74) is 1.57. The molecule has 0 nitrogen and oxygen atoms in total. The van der Waals surface area contributed by atoms with Crippen molar-refractivity contribution in [3.05, 3.63) is 11.6 Å². The second kappa shape index (κ2) is 8.32. The molecule has 0 rings (SSSR count). The highest BCUT2D eigenvalue weighted by Gasteiger charge is 1.83. The fraction of sp³-hybridized carbons (Fsp3) is 0.714. The average molecular weight is 167 g/mol. The minimum Gasteiger partial charge on any atom is -0.127 e. The molecule has 54 valence electrons. The molecule has 0 spiro atoms. The Labute approximate surface area is 66.8 Å². The van der Waals surface area contributed by atoms with Gasteiger partial charge in [0.2, 0.25) is 0 Å². The average Bonchev–Trinajstić information content (AvgIpc) is 1.89. The van der Waals surface area contributed by atoms with Crippen LogP contribution in [0.1, 0.15) is 25.7 Å². The van der Waals surface area contributed by atoms with Gasteiger partial charge in [-0.1, -0.05) is 24.1 Å². The molecule has 0 saturated heterocycles. The molecule has 2 heteroatoms. The van der Waals surface area contributed by atoms with E-state index in [1.165, 1.54) is 12.8 Å². The minimum absolute atomic E-state index is 0.782. The number of allylic oxidation sites excluding steroid dienone is 1. The minimum atomic E-state index is 0.782. The van der Waals surface area contributed by atoms with Crippen LogP contribution in [0.5, 0.6) is 0 Å². The Morgan fingerprint density at radius 1 is 1.11 bits per heavy atom. The lowest BCUT2D eigenvalue weighted by Crippen LogP contribution is -1.75. The molecule has 0 aliphatic rings. The zero-order valence-corrected chi connectivity index (χ0v) is 6.96. The van der Waals surface area contributed by atoms with Gasteiger partial charge in [0.25, 0.3) is 0 Å². The molecule has 0 aromatic carbocycles. The molecule has 0 aromatic heterocycles. The summed E-state index contributed by atoms with van der Waals surface area (Å²) < 4.78 is 0. The van der Waals surface area contributed by atoms with E-state index in [0.29, 0.717) is 0 Å². The zero-order chi connectivity index (χ0) is 6.95. The van der Waals surface area contributed by atoms with Crippen LogP contribution in [0.3, 0.4) is 0 Å². The smallest absolute Gasteiger partial charge is 0.0223 e. The number of unbranched alkanes of at least 4 members (excludes halogenated alkanes) is 3. The molecule has 0 amide bonds. The van der Waals surface area contributed by atoms with Crippen molar-refractivity contribution in [1.29, 1.82) is 0 Å². The van der Waals surface area contributed by atoms with Gasteiger partial charge < -0.3 is 0 Å². The van der Waals surface area contributed by atoms with Crippen molar-refractivity contribution in [1.82, 2.24) is 0 Å². The SMILES string of the molecule is Cl/C=C/CCCCCCl. The number of hydrogen-bond donors (Lipinski definition) is 0. The van der Waals surface area contributed by atoms with Gasteiger partial charge in [0.15, 0.2) is 0 Å². The van der Waals surface area contributed by atoms with E-state index in [0.717, 1.165) is 18.7 Å². The third-order valence-corrected chi connectivity index (χ3v) is 1.54. The fourth-order valence-electron chi connectivity index (χ4n) is 0.596. The fourth-order valence-corrected chi connectivity index (χ4v) is 0.911. The van der Waals surface area contributed by atoms with E-state index in [1.807, 2.05) is 6.08 Å². The van der Waals surface area contributed by atoms with E-state index in [2.05, 4.69) is 0 Å². The van der Waals surface area contributed by atoms with Crippen LogP contribution in [0, 0.1) is 0 Å². The van der Waals surface area contributed by atoms with Crippen molar-refractivity contribution in [3.63, 3.8) is 0 Å². The lowest BCUT2D eigenvalue weighted by Gasteiger charge is -1.91. The first kappa shape index (κ1) is 9.32. The Kier molecular flexibility index (Phi) is 8.62. The topological polar surface area (TPSA) is 0 Å². The Morgan fingerprint density at radius 2 is 1.89 bits per heavy atom. The molecular formula is C7H12Cl2. The second-order valence-electron chi connectivity index (χ2n) is 1.90. The molecule has 0 N–H and O–H groups in total. The van der Waals surface area contributed by atoms with Gasteiger partial charge in [0.1, 0.15) is 0 Å².